The van der Waals surface area contributed by atoms with Crippen molar-refractivity contribution in [3.8, 4) is 0 Å². The lowest BCUT2D eigenvalue weighted by Gasteiger charge is -2.31. The third-order valence-electron chi connectivity index (χ3n) is 6.42. The maximum Gasteiger partial charge on any atom is 0.303 e. The molecule has 0 heterocycles. The van der Waals surface area contributed by atoms with Gasteiger partial charge in [-0.05, 0) is 32.6 Å². The molecule has 0 fully saturated rings. The summed E-state index contributed by atoms with van der Waals surface area (Å²) in [4.78, 5) is 10.9. The van der Waals surface area contributed by atoms with Crippen LogP contribution >= 0.6 is 23.2 Å². The molecule has 0 radical (unpaired) electrons. The summed E-state index contributed by atoms with van der Waals surface area (Å²) >= 11 is 12.9. The first-order chi connectivity index (χ1) is 16.3. The van der Waals surface area contributed by atoms with Crippen LogP contribution in [-0.2, 0) is 14.3 Å². The Bertz CT molecular complexity index is 460. The molecule has 0 rings (SSSR count). The highest BCUT2D eigenvalue weighted by atomic mass is 35.5. The summed E-state index contributed by atoms with van der Waals surface area (Å²) in [5.41, 5.74) is 0. The molecule has 4 nitrogen and oxygen atoms in total. The lowest BCUT2D eigenvalue weighted by molar-refractivity contribution is -0.137. The predicted molar refractivity (Wildman–Crippen MR) is 146 cm³/mol. The van der Waals surface area contributed by atoms with E-state index in [4.69, 9.17) is 37.8 Å². The number of carbonyl (C=O) groups is 1. The molecule has 0 saturated heterocycles. The highest BCUT2D eigenvalue weighted by Gasteiger charge is 2.36. The van der Waals surface area contributed by atoms with Crippen LogP contribution < -0.4 is 0 Å². The molecule has 0 aromatic heterocycles. The van der Waals surface area contributed by atoms with E-state index >= 15 is 0 Å². The van der Waals surface area contributed by atoms with Crippen LogP contribution in [0.5, 0.6) is 0 Å². The highest BCUT2D eigenvalue weighted by molar-refractivity contribution is 6.47. The van der Waals surface area contributed by atoms with Crippen LogP contribution in [-0.4, -0.2) is 34.4 Å². The van der Waals surface area contributed by atoms with E-state index in [2.05, 4.69) is 6.92 Å². The fraction of sp³-hybridized carbons (Fsp3) is 0.964. The van der Waals surface area contributed by atoms with Crippen LogP contribution in [0, 0.1) is 0 Å². The smallest absolute Gasteiger partial charge is 0.303 e. The average molecular weight is 526 g/mol. The summed E-state index contributed by atoms with van der Waals surface area (Å²) in [6.07, 6.45) is 22.5. The molecule has 2 atom stereocenters. The number of unbranched alkanes of at least 4 members (excludes halogenated alkanes) is 14. The van der Waals surface area contributed by atoms with Crippen LogP contribution in [0.1, 0.15) is 149 Å². The van der Waals surface area contributed by atoms with Gasteiger partial charge in [-0.25, -0.2) is 0 Å². The van der Waals surface area contributed by atoms with Gasteiger partial charge in [-0.1, -0.05) is 133 Å². The van der Waals surface area contributed by atoms with Crippen LogP contribution in [0.2, 0.25) is 0 Å². The van der Waals surface area contributed by atoms with E-state index in [1.54, 1.807) is 0 Å². The fourth-order valence-corrected chi connectivity index (χ4v) is 4.57. The molecule has 0 amide bonds. The number of aliphatic carboxylic acids is 1. The van der Waals surface area contributed by atoms with Crippen LogP contribution in [0.3, 0.4) is 0 Å². The SMILES string of the molecule is CCCCCCCCCCCCCCCCCC(CCCC(=O)O)OC(Cl)(Cl)C(C)OCCC. The van der Waals surface area contributed by atoms with E-state index in [1.165, 1.54) is 83.5 Å². The highest BCUT2D eigenvalue weighted by Crippen LogP contribution is 2.33. The van der Waals surface area contributed by atoms with Crippen molar-refractivity contribution in [2.24, 2.45) is 0 Å². The van der Waals surface area contributed by atoms with E-state index in [-0.39, 0.29) is 12.5 Å². The molecule has 6 heteroatoms. The lowest BCUT2D eigenvalue weighted by atomic mass is 10.0. The minimum absolute atomic E-state index is 0.137. The molecule has 0 aromatic rings. The zero-order valence-electron chi connectivity index (χ0n) is 22.4. The van der Waals surface area contributed by atoms with Crippen LogP contribution in [0.15, 0.2) is 0 Å². The Morgan fingerprint density at radius 3 is 1.62 bits per heavy atom. The first kappa shape index (κ1) is 34.0. The van der Waals surface area contributed by atoms with Crippen molar-refractivity contribution in [1.82, 2.24) is 0 Å². The molecule has 0 aliphatic rings. The van der Waals surface area contributed by atoms with Crippen molar-refractivity contribution in [2.75, 3.05) is 6.61 Å². The van der Waals surface area contributed by atoms with Crippen LogP contribution in [0.4, 0.5) is 0 Å². The number of rotatable bonds is 26. The predicted octanol–water partition coefficient (Wildman–Crippen LogP) is 9.83. The van der Waals surface area contributed by atoms with Gasteiger partial charge in [0.15, 0.2) is 0 Å². The second-order valence-electron chi connectivity index (χ2n) is 9.84. The van der Waals surface area contributed by atoms with Crippen molar-refractivity contribution in [1.29, 1.82) is 0 Å². The number of ether oxygens (including phenoxy) is 2. The second kappa shape index (κ2) is 23.4. The number of halogens is 2. The molecule has 0 aromatic carbocycles. The van der Waals surface area contributed by atoms with Gasteiger partial charge in [0.25, 0.3) is 0 Å². The standard InChI is InChI=1S/C28H54Cl2O4/c1-4-6-7-8-9-10-11-12-13-14-15-16-17-18-19-21-26(22-20-23-27(31)32)34-28(29,30)25(3)33-24-5-2/h25-26H,4-24H2,1-3H3,(H,31,32). The molecular weight excluding hydrogens is 471 g/mol. The van der Waals surface area contributed by atoms with Gasteiger partial charge in [0, 0.05) is 13.0 Å². The Morgan fingerprint density at radius 1 is 0.735 bits per heavy atom. The van der Waals surface area contributed by atoms with Gasteiger partial charge < -0.3 is 14.6 Å². The molecule has 0 saturated carbocycles. The monoisotopic (exact) mass is 524 g/mol. The number of hydrogen-bond acceptors (Lipinski definition) is 3. The number of alkyl halides is 2. The lowest BCUT2D eigenvalue weighted by Crippen LogP contribution is -2.38. The summed E-state index contributed by atoms with van der Waals surface area (Å²) in [6, 6.07) is 0. The van der Waals surface area contributed by atoms with E-state index in [0.29, 0.717) is 19.4 Å². The number of hydrogen-bond donors (Lipinski definition) is 1. The summed E-state index contributed by atoms with van der Waals surface area (Å²) in [7, 11) is 0. The van der Waals surface area contributed by atoms with Gasteiger partial charge in [0.2, 0.25) is 4.52 Å². The molecule has 0 spiro atoms. The molecule has 0 bridgehead atoms. The van der Waals surface area contributed by atoms with Gasteiger partial charge >= 0.3 is 5.97 Å². The molecular formula is C28H54Cl2O4. The Hall–Kier alpha value is -0.0300. The fourth-order valence-electron chi connectivity index (χ4n) is 4.20. The summed E-state index contributed by atoms with van der Waals surface area (Å²) in [5.74, 6) is -0.784. The van der Waals surface area contributed by atoms with Crippen molar-refractivity contribution in [3.05, 3.63) is 0 Å². The normalized spacial score (nSPS) is 13.8. The topological polar surface area (TPSA) is 55.8 Å². The first-order valence-electron chi connectivity index (χ1n) is 14.2. The molecule has 0 aliphatic carbocycles. The Morgan fingerprint density at radius 2 is 1.18 bits per heavy atom. The van der Waals surface area contributed by atoms with Gasteiger partial charge in [-0.2, -0.15) is 0 Å². The Kier molecular flexibility index (Phi) is 23.4. The van der Waals surface area contributed by atoms with Gasteiger partial charge in [0.05, 0.1) is 6.10 Å². The molecule has 204 valence electrons. The molecule has 0 aliphatic heterocycles. The minimum atomic E-state index is -1.42. The zero-order valence-corrected chi connectivity index (χ0v) is 23.9. The summed E-state index contributed by atoms with van der Waals surface area (Å²) < 4.78 is 10.2. The minimum Gasteiger partial charge on any atom is -0.481 e. The molecule has 1 N–H and O–H groups in total. The van der Waals surface area contributed by atoms with E-state index in [9.17, 15) is 4.79 Å². The third-order valence-corrected chi connectivity index (χ3v) is 7.21. The maximum atomic E-state index is 10.9. The Balaban J connectivity index is 3.96. The molecule has 2 unspecified atom stereocenters. The summed E-state index contributed by atoms with van der Waals surface area (Å²) in [5, 5.41) is 8.95. The average Bonchev–Trinajstić information content (AvgIpc) is 2.79. The quantitative estimate of drug-likeness (QED) is 0.0902. The van der Waals surface area contributed by atoms with Crippen molar-refractivity contribution >= 4 is 29.2 Å². The van der Waals surface area contributed by atoms with Crippen molar-refractivity contribution in [3.63, 3.8) is 0 Å². The van der Waals surface area contributed by atoms with Crippen molar-refractivity contribution < 1.29 is 19.4 Å². The van der Waals surface area contributed by atoms with Gasteiger partial charge in [-0.3, -0.25) is 4.79 Å². The zero-order chi connectivity index (χ0) is 25.5. The van der Waals surface area contributed by atoms with E-state index in [1.807, 2.05) is 13.8 Å². The van der Waals surface area contributed by atoms with Gasteiger partial charge in [0.1, 0.15) is 6.10 Å². The summed E-state index contributed by atoms with van der Waals surface area (Å²) in [6.45, 7) is 6.70. The Labute approximate surface area is 220 Å². The maximum absolute atomic E-state index is 10.9. The second-order valence-corrected chi connectivity index (χ2v) is 11.2. The van der Waals surface area contributed by atoms with E-state index in [0.717, 1.165) is 25.7 Å². The third kappa shape index (κ3) is 21.3. The first-order valence-corrected chi connectivity index (χ1v) is 15.0. The van der Waals surface area contributed by atoms with Gasteiger partial charge in [-0.15, -0.1) is 0 Å². The number of carboxylic acid groups (broad SMARTS) is 1. The van der Waals surface area contributed by atoms with E-state index < -0.39 is 16.6 Å². The molecule has 34 heavy (non-hydrogen) atoms. The largest absolute Gasteiger partial charge is 0.481 e. The van der Waals surface area contributed by atoms with Crippen LogP contribution in [0.25, 0.3) is 0 Å². The number of carboxylic acids is 1. The van der Waals surface area contributed by atoms with Crippen molar-refractivity contribution in [2.45, 2.75) is 166 Å².